The minimum Gasteiger partial charge on any atom is -0.481 e. The molecule has 1 aliphatic heterocycles. The summed E-state index contributed by atoms with van der Waals surface area (Å²) in [6.07, 6.45) is 4.67. The number of nitrogens with zero attached hydrogens (tertiary/aromatic N) is 3. The molecule has 1 unspecified atom stereocenters. The van der Waals surface area contributed by atoms with Gasteiger partial charge in [-0.15, -0.1) is 0 Å². The second-order valence-corrected chi connectivity index (χ2v) is 10.6. The second kappa shape index (κ2) is 12.4. The number of benzene rings is 2. The third-order valence-corrected chi connectivity index (χ3v) is 7.46. The zero-order valence-corrected chi connectivity index (χ0v) is 23.0. The largest absolute Gasteiger partial charge is 0.481 e. The van der Waals surface area contributed by atoms with Crippen LogP contribution in [0.4, 0.5) is 11.4 Å². The number of rotatable bonds is 9. The first kappa shape index (κ1) is 28.1. The van der Waals surface area contributed by atoms with Crippen molar-refractivity contribution < 1.29 is 24.3 Å². The van der Waals surface area contributed by atoms with E-state index in [1.54, 1.807) is 60.8 Å². The highest BCUT2D eigenvalue weighted by Gasteiger charge is 2.35. The first-order chi connectivity index (χ1) is 19.8. The monoisotopic (exact) mass is 575 g/mol. The van der Waals surface area contributed by atoms with Gasteiger partial charge >= 0.3 is 5.97 Å². The van der Waals surface area contributed by atoms with Gasteiger partial charge in [0.1, 0.15) is 0 Å². The Labute approximate surface area is 242 Å². The summed E-state index contributed by atoms with van der Waals surface area (Å²) in [4.78, 5) is 58.5. The van der Waals surface area contributed by atoms with Crippen LogP contribution in [0, 0.1) is 5.92 Å². The van der Waals surface area contributed by atoms with Gasteiger partial charge in [0.25, 0.3) is 11.8 Å². The number of nitrogens with one attached hydrogen (secondary N) is 2. The van der Waals surface area contributed by atoms with Crippen LogP contribution in [-0.4, -0.2) is 64.9 Å². The van der Waals surface area contributed by atoms with Gasteiger partial charge in [-0.2, -0.15) is 0 Å². The Kier molecular flexibility index (Phi) is 8.49. The lowest BCUT2D eigenvalue weighted by atomic mass is 10.0. The summed E-state index contributed by atoms with van der Waals surface area (Å²) in [7, 11) is 0. The normalized spacial score (nSPS) is 15.6. The topological polar surface area (TPSA) is 132 Å². The molecule has 0 bridgehead atoms. The van der Waals surface area contributed by atoms with Crippen LogP contribution in [0.1, 0.15) is 51.6 Å². The minimum absolute atomic E-state index is 0.156. The lowest BCUT2D eigenvalue weighted by molar-refractivity contribution is -0.137. The van der Waals surface area contributed by atoms with Gasteiger partial charge in [0.05, 0.1) is 23.8 Å². The third-order valence-electron chi connectivity index (χ3n) is 7.22. The fourth-order valence-corrected chi connectivity index (χ4v) is 5.07. The van der Waals surface area contributed by atoms with Crippen LogP contribution in [0.3, 0.4) is 0 Å². The van der Waals surface area contributed by atoms with Gasteiger partial charge in [-0.1, -0.05) is 23.7 Å². The van der Waals surface area contributed by atoms with E-state index in [0.29, 0.717) is 53.7 Å². The predicted molar refractivity (Wildman–Crippen MR) is 154 cm³/mol. The fourth-order valence-electron chi connectivity index (χ4n) is 4.88. The van der Waals surface area contributed by atoms with Crippen LogP contribution >= 0.6 is 11.6 Å². The molecule has 3 aromatic rings. The summed E-state index contributed by atoms with van der Waals surface area (Å²) in [5.74, 6) is -1.60. The molecule has 1 aliphatic carbocycles. The zero-order chi connectivity index (χ0) is 28.9. The molecule has 2 aliphatic rings. The average molecular weight is 576 g/mol. The summed E-state index contributed by atoms with van der Waals surface area (Å²) in [5.41, 5.74) is 2.30. The molecule has 41 heavy (non-hydrogen) atoms. The van der Waals surface area contributed by atoms with Crippen LogP contribution in [-0.2, 0) is 9.59 Å². The van der Waals surface area contributed by atoms with E-state index < -0.39 is 23.8 Å². The maximum absolute atomic E-state index is 13.3. The van der Waals surface area contributed by atoms with Gasteiger partial charge in [0.15, 0.2) is 0 Å². The molecule has 10 nitrogen and oxygen atoms in total. The lowest BCUT2D eigenvalue weighted by Crippen LogP contribution is -2.49. The number of carbonyl (C=O) groups excluding carboxylic acids is 3. The standard InChI is InChI=1S/C30H30ClN5O5/c31-23-5-1-3-20(15-23)28(39)34-25-16-21(29(40)33-24(17-27(37)38)22-4-2-10-32-18-22)8-9-26(25)35-11-13-36(14-12-35)30(41)19-6-7-19/h1-5,8-10,15-16,18-19,24H,6-7,11-14,17H2,(H,33,40)(H,34,39)(H,37,38). The Morgan fingerprint density at radius 3 is 2.37 bits per heavy atom. The molecule has 0 radical (unpaired) electrons. The van der Waals surface area contributed by atoms with E-state index in [-0.39, 0.29) is 23.8 Å². The number of piperazine rings is 1. The summed E-state index contributed by atoms with van der Waals surface area (Å²) in [6, 6.07) is 14.1. The maximum Gasteiger partial charge on any atom is 0.305 e. The highest BCUT2D eigenvalue weighted by molar-refractivity contribution is 6.31. The number of carboxylic acid groups (broad SMARTS) is 1. The summed E-state index contributed by atoms with van der Waals surface area (Å²) < 4.78 is 0. The zero-order valence-electron chi connectivity index (χ0n) is 22.3. The van der Waals surface area contributed by atoms with Crippen LogP contribution in [0.2, 0.25) is 5.02 Å². The van der Waals surface area contributed by atoms with Gasteiger partial charge < -0.3 is 25.5 Å². The van der Waals surface area contributed by atoms with Crippen molar-refractivity contribution >= 4 is 46.7 Å². The second-order valence-electron chi connectivity index (χ2n) is 10.2. The Balaban J connectivity index is 1.39. The van der Waals surface area contributed by atoms with E-state index in [0.717, 1.165) is 12.8 Å². The number of amides is 3. The van der Waals surface area contributed by atoms with Crippen molar-refractivity contribution in [3.05, 3.63) is 88.7 Å². The molecule has 1 saturated carbocycles. The molecule has 5 rings (SSSR count). The first-order valence-corrected chi connectivity index (χ1v) is 13.8. The van der Waals surface area contributed by atoms with E-state index in [1.165, 1.54) is 6.20 Å². The van der Waals surface area contributed by atoms with Crippen LogP contribution < -0.4 is 15.5 Å². The SMILES string of the molecule is O=C(O)CC(NC(=O)c1ccc(N2CCN(C(=O)C3CC3)CC2)c(NC(=O)c2cccc(Cl)c2)c1)c1cccnc1. The smallest absolute Gasteiger partial charge is 0.305 e. The fraction of sp³-hybridized carbons (Fsp3) is 0.300. The van der Waals surface area contributed by atoms with Crippen molar-refractivity contribution in [2.45, 2.75) is 25.3 Å². The van der Waals surface area contributed by atoms with E-state index in [1.807, 2.05) is 4.90 Å². The number of halogens is 1. The quantitative estimate of drug-likeness (QED) is 0.351. The molecule has 1 saturated heterocycles. The Morgan fingerprint density at radius 1 is 0.951 bits per heavy atom. The molecule has 3 amide bonds. The predicted octanol–water partition coefficient (Wildman–Crippen LogP) is 3.99. The number of carbonyl (C=O) groups is 4. The molecule has 212 valence electrons. The average Bonchev–Trinajstić information content (AvgIpc) is 3.82. The summed E-state index contributed by atoms with van der Waals surface area (Å²) >= 11 is 6.09. The molecular formula is C30H30ClN5O5. The maximum atomic E-state index is 13.3. The molecule has 11 heteroatoms. The minimum atomic E-state index is -1.07. The Hall–Kier alpha value is -4.44. The number of anilines is 2. The van der Waals surface area contributed by atoms with Crippen molar-refractivity contribution in [3.63, 3.8) is 0 Å². The third kappa shape index (κ3) is 7.01. The lowest BCUT2D eigenvalue weighted by Gasteiger charge is -2.37. The van der Waals surface area contributed by atoms with Crippen molar-refractivity contribution in [2.24, 2.45) is 5.92 Å². The molecule has 2 aromatic carbocycles. The van der Waals surface area contributed by atoms with Crippen molar-refractivity contribution in [1.82, 2.24) is 15.2 Å². The van der Waals surface area contributed by atoms with Gasteiger partial charge in [-0.3, -0.25) is 24.2 Å². The highest BCUT2D eigenvalue weighted by Crippen LogP contribution is 2.33. The van der Waals surface area contributed by atoms with Gasteiger partial charge in [0, 0.05) is 60.6 Å². The Bertz CT molecular complexity index is 1450. The van der Waals surface area contributed by atoms with Gasteiger partial charge in [-0.25, -0.2) is 0 Å². The van der Waals surface area contributed by atoms with Crippen molar-refractivity contribution in [1.29, 1.82) is 0 Å². The van der Waals surface area contributed by atoms with E-state index in [4.69, 9.17) is 11.6 Å². The van der Waals surface area contributed by atoms with Crippen LogP contribution in [0.5, 0.6) is 0 Å². The van der Waals surface area contributed by atoms with E-state index in [2.05, 4.69) is 20.5 Å². The molecule has 3 N–H and O–H groups in total. The molecular weight excluding hydrogens is 546 g/mol. The first-order valence-electron chi connectivity index (χ1n) is 13.5. The number of hydrogen-bond acceptors (Lipinski definition) is 6. The van der Waals surface area contributed by atoms with Crippen molar-refractivity contribution in [2.75, 3.05) is 36.4 Å². The van der Waals surface area contributed by atoms with Crippen LogP contribution in [0.15, 0.2) is 67.0 Å². The number of carboxylic acids is 1. The number of pyridine rings is 1. The van der Waals surface area contributed by atoms with Crippen molar-refractivity contribution in [3.8, 4) is 0 Å². The van der Waals surface area contributed by atoms with E-state index >= 15 is 0 Å². The van der Waals surface area contributed by atoms with Crippen LogP contribution in [0.25, 0.3) is 0 Å². The van der Waals surface area contributed by atoms with Gasteiger partial charge in [0.2, 0.25) is 5.91 Å². The Morgan fingerprint density at radius 2 is 1.71 bits per heavy atom. The summed E-state index contributed by atoms with van der Waals surface area (Å²) in [6.45, 7) is 2.29. The highest BCUT2D eigenvalue weighted by atomic mass is 35.5. The molecule has 0 spiro atoms. The number of aliphatic carboxylic acids is 1. The van der Waals surface area contributed by atoms with E-state index in [9.17, 15) is 24.3 Å². The molecule has 2 fully saturated rings. The number of hydrogen-bond donors (Lipinski definition) is 3. The molecule has 2 heterocycles. The summed E-state index contributed by atoms with van der Waals surface area (Å²) in [5, 5.41) is 15.5. The van der Waals surface area contributed by atoms with Gasteiger partial charge in [-0.05, 0) is 60.9 Å². The molecule has 1 atom stereocenters. The number of aromatic nitrogens is 1. The molecule has 1 aromatic heterocycles.